The molecule has 2 atom stereocenters. The second kappa shape index (κ2) is 11.8. The van der Waals surface area contributed by atoms with Crippen molar-refractivity contribution in [1.29, 1.82) is 0 Å². The number of aliphatic hydroxyl groups is 1. The summed E-state index contributed by atoms with van der Waals surface area (Å²) in [5.41, 5.74) is 2.62. The van der Waals surface area contributed by atoms with Crippen molar-refractivity contribution in [3.8, 4) is 0 Å². The molecule has 3 N–H and O–H groups in total. The van der Waals surface area contributed by atoms with Gasteiger partial charge in [0.2, 0.25) is 0 Å². The van der Waals surface area contributed by atoms with E-state index in [9.17, 15) is 5.11 Å². The third-order valence-electron chi connectivity index (χ3n) is 7.35. The van der Waals surface area contributed by atoms with Gasteiger partial charge in [-0.25, -0.2) is 0 Å². The van der Waals surface area contributed by atoms with Gasteiger partial charge in [-0.2, -0.15) is 0 Å². The van der Waals surface area contributed by atoms with E-state index in [0.29, 0.717) is 6.04 Å². The molecule has 3 saturated heterocycles. The van der Waals surface area contributed by atoms with E-state index in [1.165, 1.54) is 43.2 Å². The minimum absolute atomic E-state index is 0. The number of benzene rings is 1. The van der Waals surface area contributed by atoms with E-state index in [-0.39, 0.29) is 30.1 Å². The number of guanidine groups is 1. The van der Waals surface area contributed by atoms with Gasteiger partial charge >= 0.3 is 0 Å². The van der Waals surface area contributed by atoms with E-state index in [4.69, 9.17) is 0 Å². The van der Waals surface area contributed by atoms with Crippen LogP contribution in [0.4, 0.5) is 0 Å². The molecule has 1 aromatic rings. The molecule has 4 rings (SSSR count). The Balaban J connectivity index is 0.00000272. The van der Waals surface area contributed by atoms with E-state index in [0.717, 1.165) is 57.1 Å². The lowest BCUT2D eigenvalue weighted by Crippen LogP contribution is -2.56. The van der Waals surface area contributed by atoms with Gasteiger partial charge in [-0.05, 0) is 56.7 Å². The number of aliphatic hydroxyl groups excluding tert-OH is 1. The summed E-state index contributed by atoms with van der Waals surface area (Å²) in [4.78, 5) is 9.50. The maximum absolute atomic E-state index is 9.66. The third kappa shape index (κ3) is 6.79. The predicted octanol–water partition coefficient (Wildman–Crippen LogP) is 2.94. The zero-order valence-electron chi connectivity index (χ0n) is 19.1. The maximum Gasteiger partial charge on any atom is 0.191 e. The van der Waals surface area contributed by atoms with Crippen molar-refractivity contribution in [3.63, 3.8) is 0 Å². The fraction of sp³-hybridized carbons (Fsp3) is 0.708. The normalized spacial score (nSPS) is 28.1. The molecule has 3 aliphatic rings. The summed E-state index contributed by atoms with van der Waals surface area (Å²) >= 11 is 0. The topological polar surface area (TPSA) is 63.1 Å². The third-order valence-corrected chi connectivity index (χ3v) is 7.35. The van der Waals surface area contributed by atoms with E-state index < -0.39 is 0 Å². The molecule has 2 bridgehead atoms. The smallest absolute Gasteiger partial charge is 0.191 e. The lowest BCUT2D eigenvalue weighted by molar-refractivity contribution is 0.0526. The molecule has 6 nitrogen and oxygen atoms in total. The summed E-state index contributed by atoms with van der Waals surface area (Å²) in [5.74, 6) is 0.915. The van der Waals surface area contributed by atoms with Crippen molar-refractivity contribution >= 4 is 29.9 Å². The number of nitrogens with zero attached hydrogens (tertiary/aromatic N) is 3. The Morgan fingerprint density at radius 2 is 1.65 bits per heavy atom. The van der Waals surface area contributed by atoms with Crippen LogP contribution in [0, 0.1) is 0 Å². The van der Waals surface area contributed by atoms with Crippen LogP contribution in [0.25, 0.3) is 0 Å². The van der Waals surface area contributed by atoms with Crippen LogP contribution >= 0.6 is 24.0 Å². The molecule has 0 spiro atoms. The van der Waals surface area contributed by atoms with Crippen LogP contribution in [0.5, 0.6) is 0 Å². The highest BCUT2D eigenvalue weighted by Crippen LogP contribution is 2.32. The summed E-state index contributed by atoms with van der Waals surface area (Å²) < 4.78 is 0. The van der Waals surface area contributed by atoms with Crippen LogP contribution in [0.15, 0.2) is 29.3 Å². The fourth-order valence-electron chi connectivity index (χ4n) is 5.41. The van der Waals surface area contributed by atoms with Crippen molar-refractivity contribution in [1.82, 2.24) is 20.4 Å². The molecular formula is C24H40IN5O. The summed E-state index contributed by atoms with van der Waals surface area (Å²) in [6.45, 7) is 3.74. The Kier molecular flexibility index (Phi) is 9.43. The first-order chi connectivity index (χ1) is 14.6. The largest absolute Gasteiger partial charge is 0.393 e. The van der Waals surface area contributed by atoms with Crippen LogP contribution in [-0.2, 0) is 13.1 Å². The number of fused-ring (bicyclic) bond motifs is 2. The highest BCUT2D eigenvalue weighted by molar-refractivity contribution is 14.0. The molecule has 0 saturated carbocycles. The highest BCUT2D eigenvalue weighted by Gasteiger charge is 2.36. The first kappa shape index (κ1) is 24.7. The number of halogens is 1. The quantitative estimate of drug-likeness (QED) is 0.304. The number of aliphatic imine (C=N–C) groups is 1. The molecule has 0 aromatic heterocycles. The monoisotopic (exact) mass is 541 g/mol. The molecule has 31 heavy (non-hydrogen) atoms. The Morgan fingerprint density at radius 1 is 1.03 bits per heavy atom. The van der Waals surface area contributed by atoms with Crippen LogP contribution in [0.1, 0.15) is 56.1 Å². The molecule has 174 valence electrons. The van der Waals surface area contributed by atoms with Crippen molar-refractivity contribution in [2.75, 3.05) is 27.2 Å². The lowest BCUT2D eigenvalue weighted by atomic mass is 9.82. The summed E-state index contributed by atoms with van der Waals surface area (Å²) in [7, 11) is 4.17. The van der Waals surface area contributed by atoms with Gasteiger partial charge in [-0.1, -0.05) is 30.7 Å². The van der Waals surface area contributed by atoms with Gasteiger partial charge in [-0.15, -0.1) is 24.0 Å². The number of rotatable bonds is 5. The number of hydrogen-bond donors (Lipinski definition) is 3. The molecule has 1 aromatic carbocycles. The Morgan fingerprint density at radius 3 is 2.26 bits per heavy atom. The van der Waals surface area contributed by atoms with Gasteiger partial charge in [0.1, 0.15) is 0 Å². The predicted molar refractivity (Wildman–Crippen MR) is 138 cm³/mol. The first-order valence-corrected chi connectivity index (χ1v) is 11.8. The second-order valence-corrected chi connectivity index (χ2v) is 9.47. The van der Waals surface area contributed by atoms with Gasteiger partial charge in [0.15, 0.2) is 5.96 Å². The summed E-state index contributed by atoms with van der Waals surface area (Å²) in [5, 5.41) is 16.8. The van der Waals surface area contributed by atoms with Gasteiger partial charge in [0.05, 0.1) is 6.10 Å². The number of piperidine rings is 3. The molecule has 7 heteroatoms. The van der Waals surface area contributed by atoms with Crippen molar-refractivity contribution in [2.24, 2.45) is 4.99 Å². The number of hydrogen-bond acceptors (Lipinski definition) is 4. The fourth-order valence-corrected chi connectivity index (χ4v) is 5.41. The average Bonchev–Trinajstić information content (AvgIpc) is 2.74. The SMILES string of the molecule is CN=C(NCc1ccc(CN2CCC(O)CC2)cc1)NC1CC2CCCC(C1)N2C.I. The highest BCUT2D eigenvalue weighted by atomic mass is 127. The van der Waals surface area contributed by atoms with Crippen molar-refractivity contribution in [2.45, 2.75) is 82.3 Å². The summed E-state index contributed by atoms with van der Waals surface area (Å²) in [6.07, 6.45) is 8.18. The zero-order chi connectivity index (χ0) is 20.9. The molecule has 3 fully saturated rings. The first-order valence-electron chi connectivity index (χ1n) is 11.8. The van der Waals surface area contributed by atoms with Gasteiger partial charge in [0, 0.05) is 51.4 Å². The minimum atomic E-state index is -0.105. The van der Waals surface area contributed by atoms with E-state index in [2.05, 4.69) is 56.7 Å². The lowest BCUT2D eigenvalue weighted by Gasteiger charge is -2.47. The van der Waals surface area contributed by atoms with Gasteiger partial charge in [0.25, 0.3) is 0 Å². The Bertz CT molecular complexity index is 690. The van der Waals surface area contributed by atoms with Gasteiger partial charge in [-0.3, -0.25) is 9.89 Å². The van der Waals surface area contributed by atoms with Crippen molar-refractivity contribution < 1.29 is 5.11 Å². The van der Waals surface area contributed by atoms with Gasteiger partial charge < -0.3 is 20.6 Å². The Hall–Kier alpha value is -0.900. The molecule has 3 aliphatic heterocycles. The molecule has 0 amide bonds. The Labute approximate surface area is 204 Å². The van der Waals surface area contributed by atoms with E-state index in [1.54, 1.807) is 0 Å². The van der Waals surface area contributed by atoms with E-state index in [1.807, 2.05) is 7.05 Å². The second-order valence-electron chi connectivity index (χ2n) is 9.47. The maximum atomic E-state index is 9.66. The number of nitrogens with one attached hydrogen (secondary N) is 2. The molecule has 2 unspecified atom stereocenters. The van der Waals surface area contributed by atoms with Crippen LogP contribution in [0.2, 0.25) is 0 Å². The standard InChI is InChI=1S/C24H39N5O.HI/c1-25-24(27-20-14-21-4-3-5-22(15-20)28(21)2)26-16-18-6-8-19(9-7-18)17-29-12-10-23(30)11-13-29;/h6-9,20-23,30H,3-5,10-17H2,1-2H3,(H2,25,26,27);1H. The summed E-state index contributed by atoms with van der Waals surface area (Å²) in [6, 6.07) is 10.9. The average molecular weight is 542 g/mol. The van der Waals surface area contributed by atoms with Crippen LogP contribution in [0.3, 0.4) is 0 Å². The number of likely N-dealkylation sites (tertiary alicyclic amines) is 1. The minimum Gasteiger partial charge on any atom is -0.393 e. The molecular weight excluding hydrogens is 501 g/mol. The van der Waals surface area contributed by atoms with E-state index >= 15 is 0 Å². The van der Waals surface area contributed by atoms with Crippen LogP contribution < -0.4 is 10.6 Å². The zero-order valence-corrected chi connectivity index (χ0v) is 21.4. The molecule has 0 radical (unpaired) electrons. The van der Waals surface area contributed by atoms with Crippen LogP contribution in [-0.4, -0.2) is 72.3 Å². The molecule has 0 aliphatic carbocycles. The van der Waals surface area contributed by atoms with Crippen molar-refractivity contribution in [3.05, 3.63) is 35.4 Å². The molecule has 3 heterocycles.